The van der Waals surface area contributed by atoms with Crippen molar-refractivity contribution in [3.8, 4) is 0 Å². The van der Waals surface area contributed by atoms with Gasteiger partial charge in [-0.1, -0.05) is 35.1 Å². The molecule has 1 heterocycles. The zero-order valence-corrected chi connectivity index (χ0v) is 13.2. The van der Waals surface area contributed by atoms with E-state index in [0.717, 1.165) is 17.8 Å². The average Bonchev–Trinajstić information content (AvgIpc) is 3.25. The standard InChI is InChI=1S/C14H15ClN4O2S/c15-10-3-1-2-9(6-10)11(20)7-16-13(21)17-14-19-18-12(22-14)8-4-5-8/h1-3,6,8,11,20H,4-5,7H2,(H2,16,17,19,21)/t11-/m1/s1. The zero-order chi connectivity index (χ0) is 15.5. The van der Waals surface area contributed by atoms with Crippen LogP contribution in [0.1, 0.15) is 35.4 Å². The van der Waals surface area contributed by atoms with E-state index in [1.165, 1.54) is 11.3 Å². The number of hydrogen-bond donors (Lipinski definition) is 3. The number of benzene rings is 1. The maximum Gasteiger partial charge on any atom is 0.321 e. The van der Waals surface area contributed by atoms with Crippen molar-refractivity contribution >= 4 is 34.1 Å². The number of anilines is 1. The first-order valence-corrected chi connectivity index (χ1v) is 8.13. The maximum absolute atomic E-state index is 11.8. The minimum atomic E-state index is -0.819. The molecule has 1 aromatic heterocycles. The van der Waals surface area contributed by atoms with Gasteiger partial charge in [0.15, 0.2) is 0 Å². The third kappa shape index (κ3) is 3.94. The summed E-state index contributed by atoms with van der Waals surface area (Å²) in [5.41, 5.74) is 0.653. The number of carbonyl (C=O) groups is 1. The zero-order valence-electron chi connectivity index (χ0n) is 11.6. The maximum atomic E-state index is 11.8. The fraction of sp³-hybridized carbons (Fsp3) is 0.357. The Morgan fingerprint density at radius 1 is 1.45 bits per heavy atom. The summed E-state index contributed by atoms with van der Waals surface area (Å²) in [6, 6.07) is 6.48. The summed E-state index contributed by atoms with van der Waals surface area (Å²) in [6.45, 7) is 0.0838. The van der Waals surface area contributed by atoms with E-state index in [1.807, 2.05) is 0 Å². The summed E-state index contributed by atoms with van der Waals surface area (Å²) in [5.74, 6) is 0.515. The van der Waals surface area contributed by atoms with Gasteiger partial charge in [0.05, 0.1) is 6.10 Å². The molecule has 116 valence electrons. The van der Waals surface area contributed by atoms with Crippen LogP contribution in [0.15, 0.2) is 24.3 Å². The molecule has 8 heteroatoms. The van der Waals surface area contributed by atoms with E-state index < -0.39 is 12.1 Å². The van der Waals surface area contributed by atoms with Crippen molar-refractivity contribution in [2.75, 3.05) is 11.9 Å². The SMILES string of the molecule is O=C(NC[C@@H](O)c1cccc(Cl)c1)Nc1nnc(C2CC2)s1. The highest BCUT2D eigenvalue weighted by atomic mass is 35.5. The van der Waals surface area contributed by atoms with Crippen molar-refractivity contribution in [3.63, 3.8) is 0 Å². The quantitative estimate of drug-likeness (QED) is 0.782. The summed E-state index contributed by atoms with van der Waals surface area (Å²) in [5, 5.41) is 25.2. The summed E-state index contributed by atoms with van der Waals surface area (Å²) < 4.78 is 0. The second-order valence-corrected chi connectivity index (χ2v) is 6.57. The molecule has 0 bridgehead atoms. The number of aliphatic hydroxyl groups is 1. The largest absolute Gasteiger partial charge is 0.387 e. The van der Waals surface area contributed by atoms with E-state index >= 15 is 0 Å². The van der Waals surface area contributed by atoms with Gasteiger partial charge in [-0.05, 0) is 30.5 Å². The Morgan fingerprint density at radius 2 is 2.27 bits per heavy atom. The number of nitrogens with one attached hydrogen (secondary N) is 2. The molecule has 1 aliphatic carbocycles. The van der Waals surface area contributed by atoms with Crippen molar-refractivity contribution in [2.24, 2.45) is 0 Å². The molecule has 0 saturated heterocycles. The molecule has 0 spiro atoms. The molecule has 0 unspecified atom stereocenters. The lowest BCUT2D eigenvalue weighted by atomic mass is 10.1. The minimum Gasteiger partial charge on any atom is -0.387 e. The van der Waals surface area contributed by atoms with Crippen LogP contribution in [0.5, 0.6) is 0 Å². The highest BCUT2D eigenvalue weighted by Gasteiger charge is 2.27. The Hall–Kier alpha value is -1.70. The smallest absolute Gasteiger partial charge is 0.321 e. The number of rotatable bonds is 5. The molecule has 2 amide bonds. The number of hydrogen-bond acceptors (Lipinski definition) is 5. The summed E-state index contributed by atoms with van der Waals surface area (Å²) in [7, 11) is 0. The summed E-state index contributed by atoms with van der Waals surface area (Å²) in [6.07, 6.45) is 1.47. The number of halogens is 1. The number of aromatic nitrogens is 2. The van der Waals surface area contributed by atoms with Gasteiger partial charge < -0.3 is 10.4 Å². The van der Waals surface area contributed by atoms with Gasteiger partial charge in [-0.3, -0.25) is 5.32 Å². The lowest BCUT2D eigenvalue weighted by Gasteiger charge is -2.12. The molecule has 22 heavy (non-hydrogen) atoms. The summed E-state index contributed by atoms with van der Waals surface area (Å²) >= 11 is 7.26. The topological polar surface area (TPSA) is 87.1 Å². The van der Waals surface area contributed by atoms with Gasteiger partial charge >= 0.3 is 6.03 Å². The van der Waals surface area contributed by atoms with Gasteiger partial charge in [0.1, 0.15) is 5.01 Å². The first kappa shape index (κ1) is 15.2. The first-order valence-electron chi connectivity index (χ1n) is 6.93. The molecule has 6 nitrogen and oxygen atoms in total. The molecule has 3 rings (SSSR count). The second-order valence-electron chi connectivity index (χ2n) is 5.13. The third-order valence-electron chi connectivity index (χ3n) is 3.28. The molecule has 1 aromatic carbocycles. The number of amides is 2. The number of nitrogens with zero attached hydrogens (tertiary/aromatic N) is 2. The Bertz CT molecular complexity index is 674. The van der Waals surface area contributed by atoms with Crippen molar-refractivity contribution in [3.05, 3.63) is 39.9 Å². The van der Waals surface area contributed by atoms with Crippen LogP contribution in [-0.2, 0) is 0 Å². The fourth-order valence-corrected chi connectivity index (χ4v) is 3.05. The van der Waals surface area contributed by atoms with Crippen molar-refractivity contribution < 1.29 is 9.90 Å². The van der Waals surface area contributed by atoms with Crippen LogP contribution in [0.3, 0.4) is 0 Å². The fourth-order valence-electron chi connectivity index (χ4n) is 1.94. The van der Waals surface area contributed by atoms with E-state index in [-0.39, 0.29) is 6.54 Å². The van der Waals surface area contributed by atoms with E-state index in [0.29, 0.717) is 21.6 Å². The molecule has 1 atom stereocenters. The highest BCUT2D eigenvalue weighted by Crippen LogP contribution is 2.41. The Morgan fingerprint density at radius 3 is 3.00 bits per heavy atom. The van der Waals surface area contributed by atoms with Crippen LogP contribution in [0.25, 0.3) is 0 Å². The molecular weight excluding hydrogens is 324 g/mol. The predicted octanol–water partition coefficient (Wildman–Crippen LogP) is 2.92. The Labute approximate surface area is 136 Å². The van der Waals surface area contributed by atoms with Crippen LogP contribution in [0.4, 0.5) is 9.93 Å². The van der Waals surface area contributed by atoms with Gasteiger partial charge in [-0.2, -0.15) is 0 Å². The first-order chi connectivity index (χ1) is 10.6. The van der Waals surface area contributed by atoms with E-state index in [2.05, 4.69) is 20.8 Å². The highest BCUT2D eigenvalue weighted by molar-refractivity contribution is 7.15. The normalized spacial score (nSPS) is 15.4. The minimum absolute atomic E-state index is 0.0838. The molecule has 0 radical (unpaired) electrons. The molecule has 1 fully saturated rings. The van der Waals surface area contributed by atoms with Gasteiger partial charge in [0.25, 0.3) is 0 Å². The molecule has 1 saturated carbocycles. The molecule has 0 aliphatic heterocycles. The third-order valence-corrected chi connectivity index (χ3v) is 4.51. The molecular formula is C14H15ClN4O2S. The van der Waals surface area contributed by atoms with Crippen LogP contribution in [0.2, 0.25) is 5.02 Å². The van der Waals surface area contributed by atoms with Crippen molar-refractivity contribution in [2.45, 2.75) is 24.9 Å². The van der Waals surface area contributed by atoms with Gasteiger partial charge in [0.2, 0.25) is 5.13 Å². The number of aliphatic hydroxyl groups excluding tert-OH is 1. The number of urea groups is 1. The van der Waals surface area contributed by atoms with Crippen LogP contribution < -0.4 is 10.6 Å². The molecule has 1 aliphatic rings. The van der Waals surface area contributed by atoms with Gasteiger partial charge in [-0.15, -0.1) is 10.2 Å². The monoisotopic (exact) mass is 338 g/mol. The molecule has 2 aromatic rings. The Kier molecular flexibility index (Phi) is 4.56. The lowest BCUT2D eigenvalue weighted by Crippen LogP contribution is -2.32. The predicted molar refractivity (Wildman–Crippen MR) is 85.3 cm³/mol. The van der Waals surface area contributed by atoms with Crippen LogP contribution in [-0.4, -0.2) is 27.9 Å². The lowest BCUT2D eigenvalue weighted by molar-refractivity contribution is 0.175. The van der Waals surface area contributed by atoms with E-state index in [1.54, 1.807) is 24.3 Å². The van der Waals surface area contributed by atoms with Crippen molar-refractivity contribution in [1.82, 2.24) is 15.5 Å². The van der Waals surface area contributed by atoms with Gasteiger partial charge in [-0.25, -0.2) is 4.79 Å². The van der Waals surface area contributed by atoms with Crippen LogP contribution in [0, 0.1) is 0 Å². The van der Waals surface area contributed by atoms with E-state index in [4.69, 9.17) is 11.6 Å². The summed E-state index contributed by atoms with van der Waals surface area (Å²) in [4.78, 5) is 11.8. The van der Waals surface area contributed by atoms with Crippen LogP contribution >= 0.6 is 22.9 Å². The van der Waals surface area contributed by atoms with Gasteiger partial charge in [0, 0.05) is 17.5 Å². The molecule has 3 N–H and O–H groups in total. The number of carbonyl (C=O) groups excluding carboxylic acids is 1. The van der Waals surface area contributed by atoms with E-state index in [9.17, 15) is 9.90 Å². The average molecular weight is 339 g/mol. The Balaban J connectivity index is 1.48. The van der Waals surface area contributed by atoms with Crippen molar-refractivity contribution in [1.29, 1.82) is 0 Å². The second kappa shape index (κ2) is 6.60.